The summed E-state index contributed by atoms with van der Waals surface area (Å²) < 4.78 is 5.77. The van der Waals surface area contributed by atoms with E-state index >= 15 is 0 Å². The highest BCUT2D eigenvalue weighted by Gasteiger charge is 2.10. The molecule has 0 bridgehead atoms. The number of pyridine rings is 1. The summed E-state index contributed by atoms with van der Waals surface area (Å²) >= 11 is 0. The molecule has 1 N–H and O–H groups in total. The number of aromatic amines is 1. The van der Waals surface area contributed by atoms with Crippen LogP contribution in [0.5, 0.6) is 5.75 Å². The fourth-order valence-electron chi connectivity index (χ4n) is 2.95. The number of ether oxygens (including phenoxy) is 1. The Morgan fingerprint density at radius 3 is 2.63 bits per heavy atom. The molecule has 0 unspecified atom stereocenters. The molecule has 0 radical (unpaired) electrons. The Morgan fingerprint density at radius 1 is 1.00 bits per heavy atom. The lowest BCUT2D eigenvalue weighted by molar-refractivity contribution is 0.242. The van der Waals surface area contributed by atoms with E-state index in [0.29, 0.717) is 5.56 Å². The van der Waals surface area contributed by atoms with Gasteiger partial charge in [-0.15, -0.1) is 0 Å². The predicted octanol–water partition coefficient (Wildman–Crippen LogP) is 4.95. The van der Waals surface area contributed by atoms with E-state index in [2.05, 4.69) is 16.0 Å². The van der Waals surface area contributed by atoms with Gasteiger partial charge in [0.1, 0.15) is 17.1 Å². The maximum atomic E-state index is 9.09. The van der Waals surface area contributed by atoms with Gasteiger partial charge < -0.3 is 9.72 Å². The Kier molecular flexibility index (Phi) is 4.31. The fraction of sp³-hybridized carbons (Fsp3) is 0.136. The summed E-state index contributed by atoms with van der Waals surface area (Å²) in [5.74, 6) is 1.56. The van der Waals surface area contributed by atoms with Gasteiger partial charge in [-0.05, 0) is 49.7 Å². The third kappa shape index (κ3) is 3.51. The van der Waals surface area contributed by atoms with Crippen molar-refractivity contribution >= 4 is 11.2 Å². The number of benzene rings is 2. The van der Waals surface area contributed by atoms with Gasteiger partial charge in [-0.3, -0.25) is 0 Å². The third-order valence-electron chi connectivity index (χ3n) is 4.14. The van der Waals surface area contributed by atoms with Crippen LogP contribution in [0.2, 0.25) is 0 Å². The van der Waals surface area contributed by atoms with E-state index in [1.54, 1.807) is 12.3 Å². The molecule has 2 aromatic carbocycles. The molecule has 0 aliphatic heterocycles. The van der Waals surface area contributed by atoms with E-state index in [1.807, 2.05) is 62.4 Å². The lowest BCUT2D eigenvalue weighted by Crippen LogP contribution is -2.05. The molecule has 0 aliphatic carbocycles. The number of rotatable bonds is 4. The van der Waals surface area contributed by atoms with Crippen LogP contribution in [0.15, 0.2) is 60.8 Å². The van der Waals surface area contributed by atoms with Crippen LogP contribution < -0.4 is 4.74 Å². The van der Waals surface area contributed by atoms with E-state index in [1.165, 1.54) is 0 Å². The summed E-state index contributed by atoms with van der Waals surface area (Å²) in [4.78, 5) is 12.5. The molecular formula is C22H18N4O. The summed E-state index contributed by atoms with van der Waals surface area (Å²) in [5.41, 5.74) is 4.94. The molecule has 27 heavy (non-hydrogen) atoms. The van der Waals surface area contributed by atoms with Gasteiger partial charge in [-0.25, -0.2) is 9.97 Å². The van der Waals surface area contributed by atoms with E-state index in [0.717, 1.165) is 39.4 Å². The SMILES string of the molecule is CC(C)Oc1cccc(-c2nc3cc(-c4cccc(C#N)c4)cnc3[nH]2)c1. The van der Waals surface area contributed by atoms with Crippen molar-refractivity contribution in [1.29, 1.82) is 5.26 Å². The molecule has 0 aliphatic rings. The second kappa shape index (κ2) is 6.93. The number of fused-ring (bicyclic) bond motifs is 1. The Morgan fingerprint density at radius 2 is 1.81 bits per heavy atom. The van der Waals surface area contributed by atoms with Crippen molar-refractivity contribution in [3.8, 4) is 34.3 Å². The van der Waals surface area contributed by atoms with E-state index < -0.39 is 0 Å². The second-order valence-corrected chi connectivity index (χ2v) is 6.56. The Labute approximate surface area is 157 Å². The van der Waals surface area contributed by atoms with Crippen LogP contribution in [0.25, 0.3) is 33.7 Å². The smallest absolute Gasteiger partial charge is 0.157 e. The minimum atomic E-state index is 0.115. The van der Waals surface area contributed by atoms with Crippen LogP contribution in [-0.2, 0) is 0 Å². The molecule has 2 aromatic heterocycles. The zero-order valence-corrected chi connectivity index (χ0v) is 15.1. The number of imidazole rings is 1. The lowest BCUT2D eigenvalue weighted by Gasteiger charge is -2.09. The molecule has 0 saturated heterocycles. The highest BCUT2D eigenvalue weighted by atomic mass is 16.5. The zero-order chi connectivity index (χ0) is 18.8. The number of nitriles is 1. The van der Waals surface area contributed by atoms with Gasteiger partial charge in [0.15, 0.2) is 5.65 Å². The summed E-state index contributed by atoms with van der Waals surface area (Å²) in [6.07, 6.45) is 1.91. The molecule has 4 aromatic rings. The summed E-state index contributed by atoms with van der Waals surface area (Å²) in [7, 11) is 0. The monoisotopic (exact) mass is 354 g/mol. The third-order valence-corrected chi connectivity index (χ3v) is 4.14. The van der Waals surface area contributed by atoms with E-state index in [-0.39, 0.29) is 6.10 Å². The van der Waals surface area contributed by atoms with E-state index in [9.17, 15) is 0 Å². The lowest BCUT2D eigenvalue weighted by atomic mass is 10.1. The van der Waals surface area contributed by atoms with Gasteiger partial charge in [0.2, 0.25) is 0 Å². The number of H-pyrrole nitrogens is 1. The van der Waals surface area contributed by atoms with Crippen molar-refractivity contribution in [3.63, 3.8) is 0 Å². The molecule has 0 fully saturated rings. The van der Waals surface area contributed by atoms with Gasteiger partial charge in [-0.1, -0.05) is 24.3 Å². The van der Waals surface area contributed by atoms with Crippen LogP contribution in [0.3, 0.4) is 0 Å². The molecule has 2 heterocycles. The van der Waals surface area contributed by atoms with Crippen molar-refractivity contribution < 1.29 is 4.74 Å². The average Bonchev–Trinajstić information content (AvgIpc) is 3.11. The van der Waals surface area contributed by atoms with Gasteiger partial charge in [0.25, 0.3) is 0 Å². The number of aromatic nitrogens is 3. The van der Waals surface area contributed by atoms with Crippen molar-refractivity contribution in [2.45, 2.75) is 20.0 Å². The van der Waals surface area contributed by atoms with Crippen LogP contribution in [-0.4, -0.2) is 21.1 Å². The molecule has 0 saturated carbocycles. The molecule has 0 atom stereocenters. The van der Waals surface area contributed by atoms with Crippen LogP contribution in [0.4, 0.5) is 0 Å². The minimum absolute atomic E-state index is 0.115. The van der Waals surface area contributed by atoms with Crippen molar-refractivity contribution in [1.82, 2.24) is 15.0 Å². The highest BCUT2D eigenvalue weighted by molar-refractivity contribution is 5.81. The van der Waals surface area contributed by atoms with E-state index in [4.69, 9.17) is 15.0 Å². The Hall–Kier alpha value is -3.65. The quantitative estimate of drug-likeness (QED) is 0.562. The van der Waals surface area contributed by atoms with Crippen molar-refractivity contribution in [2.24, 2.45) is 0 Å². The molecular weight excluding hydrogens is 336 g/mol. The molecule has 4 rings (SSSR count). The summed E-state index contributed by atoms with van der Waals surface area (Å²) in [6, 6.07) is 19.5. The summed E-state index contributed by atoms with van der Waals surface area (Å²) in [6.45, 7) is 4.00. The normalized spacial score (nSPS) is 10.9. The average molecular weight is 354 g/mol. The van der Waals surface area contributed by atoms with Gasteiger partial charge in [0.05, 0.1) is 17.7 Å². The minimum Gasteiger partial charge on any atom is -0.491 e. The van der Waals surface area contributed by atoms with Gasteiger partial charge in [-0.2, -0.15) is 5.26 Å². The maximum absolute atomic E-state index is 9.09. The first kappa shape index (κ1) is 16.8. The second-order valence-electron chi connectivity index (χ2n) is 6.56. The topological polar surface area (TPSA) is 74.6 Å². The first-order valence-corrected chi connectivity index (χ1v) is 8.76. The van der Waals surface area contributed by atoms with Crippen molar-refractivity contribution in [2.75, 3.05) is 0 Å². The molecule has 0 spiro atoms. The van der Waals surface area contributed by atoms with Crippen molar-refractivity contribution in [3.05, 3.63) is 66.4 Å². The number of hydrogen-bond donors (Lipinski definition) is 1. The number of nitrogens with one attached hydrogen (secondary N) is 1. The van der Waals surface area contributed by atoms with Gasteiger partial charge >= 0.3 is 0 Å². The van der Waals surface area contributed by atoms with Crippen LogP contribution >= 0.6 is 0 Å². The van der Waals surface area contributed by atoms with Crippen LogP contribution in [0, 0.1) is 11.3 Å². The predicted molar refractivity (Wildman–Crippen MR) is 105 cm³/mol. The largest absolute Gasteiger partial charge is 0.491 e. The van der Waals surface area contributed by atoms with Crippen LogP contribution in [0.1, 0.15) is 19.4 Å². The number of hydrogen-bond acceptors (Lipinski definition) is 4. The molecule has 5 nitrogen and oxygen atoms in total. The number of nitrogens with zero attached hydrogens (tertiary/aromatic N) is 3. The zero-order valence-electron chi connectivity index (χ0n) is 15.1. The molecule has 0 amide bonds. The van der Waals surface area contributed by atoms with Gasteiger partial charge in [0, 0.05) is 17.3 Å². The fourth-order valence-corrected chi connectivity index (χ4v) is 2.95. The first-order valence-electron chi connectivity index (χ1n) is 8.76. The Balaban J connectivity index is 1.72. The molecule has 132 valence electrons. The molecule has 5 heteroatoms. The standard InChI is InChI=1S/C22H18N4O/c1-14(2)27-19-8-4-7-17(10-19)21-25-20-11-18(13-24-22(20)26-21)16-6-3-5-15(9-16)12-23/h3-11,13-14H,1-2H3,(H,24,25,26). The Bertz CT molecular complexity index is 1150. The summed E-state index contributed by atoms with van der Waals surface area (Å²) in [5, 5.41) is 9.09. The first-order chi connectivity index (χ1) is 13.1. The highest BCUT2D eigenvalue weighted by Crippen LogP contribution is 2.27. The maximum Gasteiger partial charge on any atom is 0.157 e.